The summed E-state index contributed by atoms with van der Waals surface area (Å²) in [6.45, 7) is 9.21. The van der Waals surface area contributed by atoms with E-state index in [2.05, 4.69) is 25.7 Å². The van der Waals surface area contributed by atoms with E-state index in [-0.39, 0.29) is 0 Å². The number of rotatable bonds is 5. The minimum atomic E-state index is -1.49. The van der Waals surface area contributed by atoms with Gasteiger partial charge in [-0.25, -0.2) is 0 Å². The fourth-order valence-electron chi connectivity index (χ4n) is 1.01. The van der Waals surface area contributed by atoms with E-state index >= 15 is 0 Å². The van der Waals surface area contributed by atoms with E-state index in [9.17, 15) is 0 Å². The van der Waals surface area contributed by atoms with Crippen molar-refractivity contribution < 1.29 is 9.16 Å². The quantitative estimate of drug-likeness (QED) is 0.501. The molecule has 0 heterocycles. The normalized spacial score (nSPS) is 18.6. The van der Waals surface area contributed by atoms with Crippen LogP contribution in [0.1, 0.15) is 19.8 Å². The zero-order valence-corrected chi connectivity index (χ0v) is 10.1. The van der Waals surface area contributed by atoms with E-state index in [1.807, 2.05) is 6.92 Å². The van der Waals surface area contributed by atoms with Crippen LogP contribution in [0.25, 0.3) is 0 Å². The second-order valence-corrected chi connectivity index (χ2v) is 8.90. The molecule has 0 radical (unpaired) electrons. The molecule has 0 aliphatic heterocycles. The van der Waals surface area contributed by atoms with Gasteiger partial charge in [0.05, 0.1) is 6.61 Å². The number of ether oxygens (including phenoxy) is 1. The van der Waals surface area contributed by atoms with Crippen molar-refractivity contribution in [3.05, 3.63) is 12.0 Å². The minimum Gasteiger partial charge on any atom is -0.520 e. The predicted molar refractivity (Wildman–Crippen MR) is 56.9 cm³/mol. The third kappa shape index (κ3) is 4.98. The first-order chi connectivity index (χ1) is 6.01. The van der Waals surface area contributed by atoms with Gasteiger partial charge < -0.3 is 9.16 Å². The van der Waals surface area contributed by atoms with Crippen LogP contribution in [0.4, 0.5) is 0 Å². The minimum absolute atomic E-state index is 0.697. The van der Waals surface area contributed by atoms with Crippen molar-refractivity contribution in [1.82, 2.24) is 0 Å². The van der Waals surface area contributed by atoms with Crippen molar-refractivity contribution in [2.24, 2.45) is 5.92 Å². The lowest BCUT2D eigenvalue weighted by molar-refractivity contribution is 0.110. The molecule has 76 valence electrons. The molecule has 2 nitrogen and oxygen atoms in total. The first-order valence-electron chi connectivity index (χ1n) is 5.05. The molecule has 1 aliphatic carbocycles. The molecule has 0 aromatic carbocycles. The molecular weight excluding hydrogens is 180 g/mol. The van der Waals surface area contributed by atoms with Crippen LogP contribution in [0.15, 0.2) is 12.0 Å². The first kappa shape index (κ1) is 10.6. The van der Waals surface area contributed by atoms with E-state index in [1.165, 1.54) is 12.8 Å². The molecule has 0 aromatic heterocycles. The third-order valence-corrected chi connectivity index (χ3v) is 2.50. The van der Waals surface area contributed by atoms with Crippen LogP contribution in [0.3, 0.4) is 0 Å². The summed E-state index contributed by atoms with van der Waals surface area (Å²) < 4.78 is 11.2. The molecule has 3 heteroatoms. The van der Waals surface area contributed by atoms with E-state index in [0.29, 0.717) is 6.61 Å². The Hall–Kier alpha value is -0.443. The fourth-order valence-corrected chi connectivity index (χ4v) is 1.74. The smallest absolute Gasteiger partial charge is 0.261 e. The van der Waals surface area contributed by atoms with Gasteiger partial charge >= 0.3 is 0 Å². The molecule has 0 amide bonds. The molecule has 0 bridgehead atoms. The van der Waals surface area contributed by atoms with Crippen molar-refractivity contribution in [3.8, 4) is 0 Å². The zero-order chi connectivity index (χ0) is 9.90. The Morgan fingerprint density at radius 1 is 1.38 bits per heavy atom. The Balaban J connectivity index is 2.46. The maximum Gasteiger partial charge on any atom is 0.261 e. The van der Waals surface area contributed by atoms with E-state index in [1.54, 1.807) is 0 Å². The van der Waals surface area contributed by atoms with Crippen LogP contribution in [0, 0.1) is 5.92 Å². The monoisotopic (exact) mass is 200 g/mol. The van der Waals surface area contributed by atoms with Gasteiger partial charge in [-0.1, -0.05) is 0 Å². The summed E-state index contributed by atoms with van der Waals surface area (Å²) in [5.74, 6) is 1.49. The third-order valence-electron chi connectivity index (χ3n) is 1.69. The lowest BCUT2D eigenvalue weighted by atomic mass is 10.4. The van der Waals surface area contributed by atoms with Gasteiger partial charge in [0, 0.05) is 0 Å². The second kappa shape index (κ2) is 4.18. The highest BCUT2D eigenvalue weighted by atomic mass is 28.4. The summed E-state index contributed by atoms with van der Waals surface area (Å²) in [5.41, 5.74) is 0. The predicted octanol–water partition coefficient (Wildman–Crippen LogP) is 3.13. The summed E-state index contributed by atoms with van der Waals surface area (Å²) in [4.78, 5) is 0. The van der Waals surface area contributed by atoms with Crippen LogP contribution < -0.4 is 0 Å². The molecule has 0 saturated heterocycles. The SMILES string of the molecule is CCOC(=CC1CC1)O[Si](C)(C)C. The molecule has 1 rings (SSSR count). The standard InChI is InChI=1S/C10H20O2Si/c1-5-11-10(8-9-6-7-9)12-13(2,3)4/h8-9H,5-7H2,1-4H3. The Morgan fingerprint density at radius 2 is 2.00 bits per heavy atom. The lowest BCUT2D eigenvalue weighted by Crippen LogP contribution is -2.25. The molecule has 1 aliphatic rings. The highest BCUT2D eigenvalue weighted by molar-refractivity contribution is 6.69. The van der Waals surface area contributed by atoms with Crippen molar-refractivity contribution in [2.75, 3.05) is 6.61 Å². The van der Waals surface area contributed by atoms with Gasteiger partial charge in [0.15, 0.2) is 0 Å². The van der Waals surface area contributed by atoms with Crippen LogP contribution in [-0.4, -0.2) is 14.9 Å². The van der Waals surface area contributed by atoms with Crippen LogP contribution in [0.2, 0.25) is 19.6 Å². The molecule has 0 aromatic rings. The molecule has 13 heavy (non-hydrogen) atoms. The molecule has 1 fully saturated rings. The van der Waals surface area contributed by atoms with Gasteiger partial charge in [-0.15, -0.1) is 0 Å². The number of hydrogen-bond donors (Lipinski definition) is 0. The lowest BCUT2D eigenvalue weighted by Gasteiger charge is -2.21. The summed E-state index contributed by atoms with van der Waals surface area (Å²) in [7, 11) is -1.49. The molecule has 0 N–H and O–H groups in total. The molecule has 0 spiro atoms. The zero-order valence-electron chi connectivity index (χ0n) is 9.09. The highest BCUT2D eigenvalue weighted by Gasteiger charge is 2.23. The first-order valence-corrected chi connectivity index (χ1v) is 8.45. The van der Waals surface area contributed by atoms with Crippen molar-refractivity contribution >= 4 is 8.32 Å². The van der Waals surface area contributed by atoms with Gasteiger partial charge in [0.2, 0.25) is 8.32 Å². The van der Waals surface area contributed by atoms with Gasteiger partial charge in [-0.3, -0.25) is 0 Å². The second-order valence-electron chi connectivity index (χ2n) is 4.47. The molecule has 1 saturated carbocycles. The molecular formula is C10H20O2Si. The summed E-state index contributed by atoms with van der Waals surface area (Å²) in [6.07, 6.45) is 4.74. The van der Waals surface area contributed by atoms with Gasteiger partial charge in [0.25, 0.3) is 5.95 Å². The number of hydrogen-bond acceptors (Lipinski definition) is 2. The number of allylic oxidation sites excluding steroid dienone is 1. The van der Waals surface area contributed by atoms with Crippen LogP contribution in [0.5, 0.6) is 0 Å². The summed E-state index contributed by atoms with van der Waals surface area (Å²) in [5, 5.41) is 0. The fraction of sp³-hybridized carbons (Fsp3) is 0.800. The Labute approximate surface area is 82.1 Å². The average molecular weight is 200 g/mol. The van der Waals surface area contributed by atoms with Crippen LogP contribution >= 0.6 is 0 Å². The largest absolute Gasteiger partial charge is 0.520 e. The Kier molecular flexibility index (Phi) is 3.42. The average Bonchev–Trinajstić information content (AvgIpc) is 2.68. The van der Waals surface area contributed by atoms with E-state index in [4.69, 9.17) is 9.16 Å². The van der Waals surface area contributed by atoms with Gasteiger partial charge in [-0.05, 0) is 51.4 Å². The summed E-state index contributed by atoms with van der Waals surface area (Å²) in [6, 6.07) is 0. The summed E-state index contributed by atoms with van der Waals surface area (Å²) >= 11 is 0. The maximum absolute atomic E-state index is 5.81. The van der Waals surface area contributed by atoms with Crippen LogP contribution in [-0.2, 0) is 9.16 Å². The van der Waals surface area contributed by atoms with Crippen molar-refractivity contribution in [3.63, 3.8) is 0 Å². The molecule has 0 unspecified atom stereocenters. The van der Waals surface area contributed by atoms with E-state index in [0.717, 1.165) is 11.9 Å². The highest BCUT2D eigenvalue weighted by Crippen LogP contribution is 2.32. The Morgan fingerprint density at radius 3 is 2.38 bits per heavy atom. The Bertz CT molecular complexity index is 190. The molecule has 0 atom stereocenters. The maximum atomic E-state index is 5.81. The van der Waals surface area contributed by atoms with E-state index < -0.39 is 8.32 Å². The van der Waals surface area contributed by atoms with Gasteiger partial charge in [0.1, 0.15) is 0 Å². The van der Waals surface area contributed by atoms with Gasteiger partial charge in [-0.2, -0.15) is 0 Å². The topological polar surface area (TPSA) is 18.5 Å². The van der Waals surface area contributed by atoms with Crippen molar-refractivity contribution in [1.29, 1.82) is 0 Å². The van der Waals surface area contributed by atoms with Crippen molar-refractivity contribution in [2.45, 2.75) is 39.4 Å².